The Morgan fingerprint density at radius 2 is 1.79 bits per heavy atom. The molecule has 3 aromatic carbocycles. The Morgan fingerprint density at radius 1 is 1.06 bits per heavy atom. The minimum absolute atomic E-state index is 0.0814. The Bertz CT molecular complexity index is 1370. The predicted octanol–water partition coefficient (Wildman–Crippen LogP) is 5.03. The molecule has 0 unspecified atom stereocenters. The summed E-state index contributed by atoms with van der Waals surface area (Å²) in [5, 5.41) is 0.542. The van der Waals surface area contributed by atoms with Gasteiger partial charge in [0.05, 0.1) is 34.5 Å². The highest BCUT2D eigenvalue weighted by molar-refractivity contribution is 8.00. The summed E-state index contributed by atoms with van der Waals surface area (Å²) in [7, 11) is -1.71. The van der Waals surface area contributed by atoms with E-state index < -0.39 is 9.84 Å². The Labute approximate surface area is 201 Å². The molecule has 0 radical (unpaired) electrons. The second kappa shape index (κ2) is 9.94. The highest BCUT2D eigenvalue weighted by atomic mass is 32.2. The number of carbonyl (C=O) groups is 1. The summed E-state index contributed by atoms with van der Waals surface area (Å²) in [4.78, 5) is 20.8. The number of thiazole rings is 1. The first-order valence-corrected chi connectivity index (χ1v) is 13.7. The van der Waals surface area contributed by atoms with Crippen molar-refractivity contribution in [3.63, 3.8) is 0 Å². The van der Waals surface area contributed by atoms with Gasteiger partial charge in [-0.3, -0.25) is 9.69 Å². The average Bonchev–Trinajstić information content (AvgIpc) is 3.24. The predicted molar refractivity (Wildman–Crippen MR) is 134 cm³/mol. The van der Waals surface area contributed by atoms with Gasteiger partial charge in [-0.1, -0.05) is 41.7 Å². The summed E-state index contributed by atoms with van der Waals surface area (Å²) in [5.41, 5.74) is 1.65. The average molecular weight is 499 g/mol. The van der Waals surface area contributed by atoms with Crippen molar-refractivity contribution in [2.24, 2.45) is 0 Å². The van der Waals surface area contributed by atoms with Gasteiger partial charge in [0.2, 0.25) is 5.91 Å². The number of aromatic nitrogens is 1. The normalized spacial score (nSPS) is 11.5. The zero-order chi connectivity index (χ0) is 23.4. The van der Waals surface area contributed by atoms with Crippen LogP contribution in [-0.4, -0.2) is 38.4 Å². The molecule has 1 heterocycles. The van der Waals surface area contributed by atoms with Crippen LogP contribution in [0.5, 0.6) is 5.75 Å². The molecule has 4 rings (SSSR count). The summed E-state index contributed by atoms with van der Waals surface area (Å²) in [6.45, 7) is 0.377. The SMILES string of the molecule is COc1ccc(SCC(=O)N(Cc2ccccc2)c2nc3ccc(S(C)(=O)=O)cc3s2)cc1. The Balaban J connectivity index is 1.61. The van der Waals surface area contributed by atoms with Crippen molar-refractivity contribution in [3.05, 3.63) is 78.4 Å². The van der Waals surface area contributed by atoms with Gasteiger partial charge < -0.3 is 4.74 Å². The van der Waals surface area contributed by atoms with Crippen molar-refractivity contribution in [1.82, 2.24) is 4.98 Å². The van der Waals surface area contributed by atoms with E-state index in [0.717, 1.165) is 20.9 Å². The minimum atomic E-state index is -3.33. The third-order valence-corrected chi connectivity index (χ3v) is 8.06. The molecule has 1 aromatic heterocycles. The summed E-state index contributed by atoms with van der Waals surface area (Å²) >= 11 is 2.76. The summed E-state index contributed by atoms with van der Waals surface area (Å²) < 4.78 is 29.8. The van der Waals surface area contributed by atoms with E-state index in [2.05, 4.69) is 4.98 Å². The van der Waals surface area contributed by atoms with Crippen LogP contribution in [0.2, 0.25) is 0 Å². The van der Waals surface area contributed by atoms with Crippen molar-refractivity contribution < 1.29 is 17.9 Å². The molecule has 0 spiro atoms. The number of rotatable bonds is 8. The van der Waals surface area contributed by atoms with E-state index in [0.29, 0.717) is 17.2 Å². The number of amides is 1. The molecule has 1 amide bonds. The van der Waals surface area contributed by atoms with Gasteiger partial charge in [0, 0.05) is 11.2 Å². The Morgan fingerprint density at radius 3 is 2.45 bits per heavy atom. The third kappa shape index (κ3) is 5.73. The second-order valence-electron chi connectivity index (χ2n) is 7.33. The second-order valence-corrected chi connectivity index (χ2v) is 11.4. The number of ether oxygens (including phenoxy) is 1. The zero-order valence-electron chi connectivity index (χ0n) is 18.1. The molecular formula is C24H22N2O4S3. The summed E-state index contributed by atoms with van der Waals surface area (Å²) in [6.07, 6.45) is 1.18. The summed E-state index contributed by atoms with van der Waals surface area (Å²) in [6, 6.07) is 22.1. The van der Waals surface area contributed by atoms with Gasteiger partial charge in [-0.25, -0.2) is 13.4 Å². The van der Waals surface area contributed by atoms with E-state index in [9.17, 15) is 13.2 Å². The molecular weight excluding hydrogens is 476 g/mol. The maximum atomic E-state index is 13.3. The molecule has 6 nitrogen and oxygen atoms in total. The number of nitrogens with zero attached hydrogens (tertiary/aromatic N) is 2. The van der Waals surface area contributed by atoms with Crippen molar-refractivity contribution in [2.45, 2.75) is 16.3 Å². The maximum absolute atomic E-state index is 13.3. The van der Waals surface area contributed by atoms with Gasteiger partial charge in [0.15, 0.2) is 15.0 Å². The molecule has 9 heteroatoms. The highest BCUT2D eigenvalue weighted by Crippen LogP contribution is 2.32. The molecule has 33 heavy (non-hydrogen) atoms. The fraction of sp³-hybridized carbons (Fsp3) is 0.167. The Kier molecular flexibility index (Phi) is 7.02. The molecule has 170 valence electrons. The largest absolute Gasteiger partial charge is 0.497 e. The number of benzene rings is 3. The lowest BCUT2D eigenvalue weighted by Crippen LogP contribution is -2.31. The van der Waals surface area contributed by atoms with Gasteiger partial charge in [0.1, 0.15) is 5.75 Å². The van der Waals surface area contributed by atoms with E-state index in [4.69, 9.17) is 4.74 Å². The molecule has 0 saturated heterocycles. The van der Waals surface area contributed by atoms with Crippen LogP contribution in [0.15, 0.2) is 82.6 Å². The zero-order valence-corrected chi connectivity index (χ0v) is 20.5. The molecule has 0 N–H and O–H groups in total. The monoisotopic (exact) mass is 498 g/mol. The van der Waals surface area contributed by atoms with Crippen molar-refractivity contribution >= 4 is 54.2 Å². The van der Waals surface area contributed by atoms with E-state index in [-0.39, 0.29) is 16.6 Å². The number of hydrogen-bond donors (Lipinski definition) is 0. The fourth-order valence-electron chi connectivity index (χ4n) is 3.16. The molecule has 4 aromatic rings. The van der Waals surface area contributed by atoms with Crippen LogP contribution in [0.25, 0.3) is 10.2 Å². The first-order chi connectivity index (χ1) is 15.8. The highest BCUT2D eigenvalue weighted by Gasteiger charge is 2.21. The molecule has 0 aliphatic rings. The third-order valence-electron chi connectivity index (χ3n) is 4.91. The molecule has 0 fully saturated rings. The fourth-order valence-corrected chi connectivity index (χ4v) is 5.68. The van der Waals surface area contributed by atoms with E-state index in [1.807, 2.05) is 54.6 Å². The quantitative estimate of drug-likeness (QED) is 0.317. The number of fused-ring (bicyclic) bond motifs is 1. The van der Waals surface area contributed by atoms with Gasteiger partial charge in [0.25, 0.3) is 0 Å². The van der Waals surface area contributed by atoms with Crippen LogP contribution in [0.4, 0.5) is 5.13 Å². The van der Waals surface area contributed by atoms with Crippen molar-refractivity contribution in [2.75, 3.05) is 24.0 Å². The molecule has 0 saturated carbocycles. The van der Waals surface area contributed by atoms with E-state index in [1.54, 1.807) is 30.2 Å². The lowest BCUT2D eigenvalue weighted by molar-refractivity contribution is -0.116. The number of thioether (sulfide) groups is 1. The maximum Gasteiger partial charge on any atom is 0.239 e. The number of methoxy groups -OCH3 is 1. The first-order valence-electron chi connectivity index (χ1n) is 10.1. The molecule has 0 aliphatic carbocycles. The minimum Gasteiger partial charge on any atom is -0.497 e. The van der Waals surface area contributed by atoms with Gasteiger partial charge in [-0.2, -0.15) is 0 Å². The van der Waals surface area contributed by atoms with Crippen LogP contribution in [-0.2, 0) is 21.2 Å². The topological polar surface area (TPSA) is 76.6 Å². The van der Waals surface area contributed by atoms with E-state index >= 15 is 0 Å². The van der Waals surface area contributed by atoms with Crippen LogP contribution >= 0.6 is 23.1 Å². The Hall–Kier alpha value is -2.88. The van der Waals surface area contributed by atoms with Crippen LogP contribution < -0.4 is 9.64 Å². The van der Waals surface area contributed by atoms with Crippen molar-refractivity contribution in [1.29, 1.82) is 0 Å². The number of carbonyl (C=O) groups excluding carboxylic acids is 1. The van der Waals surface area contributed by atoms with Gasteiger partial charge >= 0.3 is 0 Å². The standard InChI is InChI=1S/C24H22N2O4S3/c1-30-18-8-10-19(11-9-18)31-16-23(27)26(15-17-6-4-3-5-7-17)24-25-21-13-12-20(33(2,28)29)14-22(21)32-24/h3-14H,15-16H2,1-2H3. The molecule has 0 aliphatic heterocycles. The number of anilines is 1. The van der Waals surface area contributed by atoms with Crippen LogP contribution in [0, 0.1) is 0 Å². The molecule has 0 atom stereocenters. The van der Waals surface area contributed by atoms with Crippen LogP contribution in [0.3, 0.4) is 0 Å². The lowest BCUT2D eigenvalue weighted by atomic mass is 10.2. The number of hydrogen-bond acceptors (Lipinski definition) is 7. The first kappa shape index (κ1) is 23.3. The number of sulfone groups is 1. The summed E-state index contributed by atoms with van der Waals surface area (Å²) in [5.74, 6) is 0.922. The van der Waals surface area contributed by atoms with Crippen LogP contribution in [0.1, 0.15) is 5.56 Å². The molecule has 0 bridgehead atoms. The smallest absolute Gasteiger partial charge is 0.239 e. The van der Waals surface area contributed by atoms with Crippen molar-refractivity contribution in [3.8, 4) is 5.75 Å². The lowest BCUT2D eigenvalue weighted by Gasteiger charge is -2.20. The van der Waals surface area contributed by atoms with E-state index in [1.165, 1.54) is 29.4 Å². The van der Waals surface area contributed by atoms with Gasteiger partial charge in [-0.05, 0) is 48.0 Å². The van der Waals surface area contributed by atoms with Gasteiger partial charge in [-0.15, -0.1) is 11.8 Å².